The van der Waals surface area contributed by atoms with Gasteiger partial charge in [-0.3, -0.25) is 4.79 Å². The Kier molecular flexibility index (Phi) is 3.10. The lowest BCUT2D eigenvalue weighted by atomic mass is 9.99. The first-order valence-electron chi connectivity index (χ1n) is 4.25. The van der Waals surface area contributed by atoms with Gasteiger partial charge in [0, 0.05) is 6.42 Å². The third-order valence-corrected chi connectivity index (χ3v) is 2.46. The summed E-state index contributed by atoms with van der Waals surface area (Å²) in [5.74, 6) is 0. The minimum Gasteiger partial charge on any atom is -0.281 e. The van der Waals surface area contributed by atoms with E-state index < -0.39 is 0 Å². The molecular weight excluding hydrogens is 184 g/mol. The van der Waals surface area contributed by atoms with Crippen molar-refractivity contribution in [1.29, 1.82) is 0 Å². The molecule has 0 heterocycles. The highest BCUT2D eigenvalue weighted by Gasteiger charge is 2.03. The molecular formula is C11H13ClO. The molecule has 0 unspecified atom stereocenters. The Morgan fingerprint density at radius 2 is 1.69 bits per heavy atom. The summed E-state index contributed by atoms with van der Waals surface area (Å²) in [5, 5.41) is -0.303. The van der Waals surface area contributed by atoms with Crippen LogP contribution in [0.4, 0.5) is 0 Å². The van der Waals surface area contributed by atoms with Gasteiger partial charge < -0.3 is 0 Å². The van der Waals surface area contributed by atoms with Crippen molar-refractivity contribution < 1.29 is 4.79 Å². The number of carbonyl (C=O) groups excluding carboxylic acids is 1. The summed E-state index contributed by atoms with van der Waals surface area (Å²) in [6, 6.07) is 4.03. The minimum absolute atomic E-state index is 0.303. The van der Waals surface area contributed by atoms with Gasteiger partial charge in [0.1, 0.15) is 0 Å². The van der Waals surface area contributed by atoms with Gasteiger partial charge in [-0.05, 0) is 54.6 Å². The van der Waals surface area contributed by atoms with Crippen LogP contribution in [0.15, 0.2) is 12.1 Å². The average molecular weight is 197 g/mol. The Morgan fingerprint density at radius 3 is 2.08 bits per heavy atom. The standard InChI is InChI=1S/C11H13ClO/c1-7-4-10(6-11(12)13)5-8(2)9(7)3/h4-5H,6H2,1-3H3. The molecule has 70 valence electrons. The Bertz CT molecular complexity index is 319. The van der Waals surface area contributed by atoms with Crippen molar-refractivity contribution in [1.82, 2.24) is 0 Å². The third kappa shape index (κ3) is 2.56. The topological polar surface area (TPSA) is 17.1 Å². The summed E-state index contributed by atoms with van der Waals surface area (Å²) in [7, 11) is 0. The number of hydrogen-bond acceptors (Lipinski definition) is 1. The monoisotopic (exact) mass is 196 g/mol. The number of rotatable bonds is 2. The van der Waals surface area contributed by atoms with Crippen molar-refractivity contribution in [3.05, 3.63) is 34.4 Å². The molecule has 0 atom stereocenters. The molecule has 1 aromatic carbocycles. The lowest BCUT2D eigenvalue weighted by Crippen LogP contribution is -1.96. The van der Waals surface area contributed by atoms with Gasteiger partial charge in [-0.2, -0.15) is 0 Å². The molecule has 0 saturated heterocycles. The highest BCUT2D eigenvalue weighted by molar-refractivity contribution is 6.63. The molecule has 0 aliphatic heterocycles. The number of hydrogen-bond donors (Lipinski definition) is 0. The van der Waals surface area contributed by atoms with E-state index in [2.05, 4.69) is 6.92 Å². The van der Waals surface area contributed by atoms with Crippen molar-refractivity contribution in [3.8, 4) is 0 Å². The maximum Gasteiger partial charge on any atom is 0.226 e. The van der Waals surface area contributed by atoms with Crippen molar-refractivity contribution in [2.24, 2.45) is 0 Å². The fourth-order valence-corrected chi connectivity index (χ4v) is 1.54. The highest BCUT2D eigenvalue weighted by atomic mass is 35.5. The molecule has 0 aliphatic carbocycles. The van der Waals surface area contributed by atoms with Crippen LogP contribution in [0, 0.1) is 20.8 Å². The van der Waals surface area contributed by atoms with Crippen molar-refractivity contribution in [3.63, 3.8) is 0 Å². The van der Waals surface area contributed by atoms with Gasteiger partial charge in [0.25, 0.3) is 0 Å². The van der Waals surface area contributed by atoms with Gasteiger partial charge in [0.2, 0.25) is 5.24 Å². The number of aryl methyl sites for hydroxylation is 2. The first kappa shape index (κ1) is 10.3. The molecule has 1 rings (SSSR count). The van der Waals surface area contributed by atoms with Gasteiger partial charge >= 0.3 is 0 Å². The van der Waals surface area contributed by atoms with E-state index in [1.807, 2.05) is 26.0 Å². The largest absolute Gasteiger partial charge is 0.281 e. The number of carbonyl (C=O) groups is 1. The first-order valence-corrected chi connectivity index (χ1v) is 4.63. The van der Waals surface area contributed by atoms with E-state index in [0.29, 0.717) is 6.42 Å². The Morgan fingerprint density at radius 1 is 1.23 bits per heavy atom. The molecule has 0 bridgehead atoms. The second-order valence-corrected chi connectivity index (χ2v) is 3.81. The molecule has 13 heavy (non-hydrogen) atoms. The minimum atomic E-state index is -0.303. The van der Waals surface area contributed by atoms with Crippen LogP contribution in [0.2, 0.25) is 0 Å². The van der Waals surface area contributed by atoms with Gasteiger partial charge in [0.15, 0.2) is 0 Å². The van der Waals surface area contributed by atoms with E-state index in [1.54, 1.807) is 0 Å². The zero-order chi connectivity index (χ0) is 10.0. The fourth-order valence-electron chi connectivity index (χ4n) is 1.39. The Labute approximate surface area is 83.7 Å². The van der Waals surface area contributed by atoms with Crippen molar-refractivity contribution in [2.45, 2.75) is 27.2 Å². The molecule has 0 radical (unpaired) electrons. The molecule has 0 aromatic heterocycles. The first-order chi connectivity index (χ1) is 6.00. The number of benzene rings is 1. The van der Waals surface area contributed by atoms with Gasteiger partial charge in [-0.25, -0.2) is 0 Å². The van der Waals surface area contributed by atoms with Crippen LogP contribution in [0.3, 0.4) is 0 Å². The molecule has 0 aliphatic rings. The quantitative estimate of drug-likeness (QED) is 0.665. The molecule has 1 nitrogen and oxygen atoms in total. The van der Waals surface area contributed by atoms with Crippen LogP contribution in [-0.4, -0.2) is 5.24 Å². The van der Waals surface area contributed by atoms with Crippen LogP contribution in [0.1, 0.15) is 22.3 Å². The Hall–Kier alpha value is -0.820. The normalized spacial score (nSPS) is 10.2. The van der Waals surface area contributed by atoms with E-state index in [-0.39, 0.29) is 5.24 Å². The predicted molar refractivity (Wildman–Crippen MR) is 55.2 cm³/mol. The van der Waals surface area contributed by atoms with Gasteiger partial charge in [0.05, 0.1) is 0 Å². The van der Waals surface area contributed by atoms with Crippen LogP contribution in [0.25, 0.3) is 0 Å². The van der Waals surface area contributed by atoms with Gasteiger partial charge in [-0.1, -0.05) is 12.1 Å². The zero-order valence-corrected chi connectivity index (χ0v) is 8.90. The molecule has 1 aromatic rings. The second kappa shape index (κ2) is 3.93. The van der Waals surface area contributed by atoms with Crippen LogP contribution in [0.5, 0.6) is 0 Å². The summed E-state index contributed by atoms with van der Waals surface area (Å²) in [4.78, 5) is 10.7. The smallest absolute Gasteiger partial charge is 0.226 e. The SMILES string of the molecule is Cc1cc(CC(=O)Cl)cc(C)c1C. The summed E-state index contributed by atoms with van der Waals surface area (Å²) in [5.41, 5.74) is 4.72. The number of halogens is 1. The molecule has 0 fully saturated rings. The lowest BCUT2D eigenvalue weighted by Gasteiger charge is -2.07. The van der Waals surface area contributed by atoms with E-state index in [4.69, 9.17) is 11.6 Å². The third-order valence-electron chi connectivity index (χ3n) is 2.33. The van der Waals surface area contributed by atoms with Crippen LogP contribution >= 0.6 is 11.6 Å². The zero-order valence-electron chi connectivity index (χ0n) is 8.15. The maximum absolute atomic E-state index is 10.7. The summed E-state index contributed by atoms with van der Waals surface area (Å²) < 4.78 is 0. The molecule has 0 N–H and O–H groups in total. The summed E-state index contributed by atoms with van der Waals surface area (Å²) in [6.07, 6.45) is 0.323. The molecule has 2 heteroatoms. The summed E-state index contributed by atoms with van der Waals surface area (Å²) >= 11 is 5.32. The maximum atomic E-state index is 10.7. The van der Waals surface area contributed by atoms with E-state index in [1.165, 1.54) is 16.7 Å². The van der Waals surface area contributed by atoms with Crippen LogP contribution < -0.4 is 0 Å². The highest BCUT2D eigenvalue weighted by Crippen LogP contribution is 2.16. The molecule has 0 spiro atoms. The lowest BCUT2D eigenvalue weighted by molar-refractivity contribution is -0.111. The van der Waals surface area contributed by atoms with E-state index in [0.717, 1.165) is 5.56 Å². The predicted octanol–water partition coefficient (Wildman–Crippen LogP) is 2.92. The van der Waals surface area contributed by atoms with Crippen molar-refractivity contribution >= 4 is 16.8 Å². The second-order valence-electron chi connectivity index (χ2n) is 3.39. The molecule has 0 saturated carbocycles. The van der Waals surface area contributed by atoms with Crippen molar-refractivity contribution in [2.75, 3.05) is 0 Å². The van der Waals surface area contributed by atoms with Crippen LogP contribution in [-0.2, 0) is 11.2 Å². The molecule has 0 amide bonds. The van der Waals surface area contributed by atoms with E-state index in [9.17, 15) is 4.79 Å². The van der Waals surface area contributed by atoms with Gasteiger partial charge in [-0.15, -0.1) is 0 Å². The Balaban J connectivity index is 3.06. The average Bonchev–Trinajstić information content (AvgIpc) is 1.98. The summed E-state index contributed by atoms with van der Waals surface area (Å²) in [6.45, 7) is 6.17. The van der Waals surface area contributed by atoms with E-state index >= 15 is 0 Å². The fraction of sp³-hybridized carbons (Fsp3) is 0.364.